The van der Waals surface area contributed by atoms with E-state index in [0.29, 0.717) is 11.5 Å². The Kier molecular flexibility index (Phi) is 5.11. The molecule has 6 heteroatoms. The van der Waals surface area contributed by atoms with Crippen molar-refractivity contribution in [1.29, 1.82) is 0 Å². The lowest BCUT2D eigenvalue weighted by molar-refractivity contribution is 0.102. The number of rotatable bonds is 5. The van der Waals surface area contributed by atoms with Gasteiger partial charge in [-0.25, -0.2) is 9.37 Å². The van der Waals surface area contributed by atoms with Gasteiger partial charge in [-0.3, -0.25) is 4.79 Å². The number of nitrogens with one attached hydrogen (secondary N) is 2. The van der Waals surface area contributed by atoms with Crippen molar-refractivity contribution < 1.29 is 9.18 Å². The Morgan fingerprint density at radius 3 is 2.62 bits per heavy atom. The molecule has 0 spiro atoms. The van der Waals surface area contributed by atoms with Gasteiger partial charge in [-0.1, -0.05) is 18.5 Å². The van der Waals surface area contributed by atoms with E-state index in [9.17, 15) is 9.18 Å². The molecule has 0 aliphatic heterocycles. The Morgan fingerprint density at radius 1 is 1.24 bits per heavy atom. The van der Waals surface area contributed by atoms with Gasteiger partial charge < -0.3 is 10.6 Å². The van der Waals surface area contributed by atoms with Crippen molar-refractivity contribution in [1.82, 2.24) is 4.98 Å². The Bertz CT molecular complexity index is 631. The number of nitrogens with zero attached hydrogens (tertiary/aromatic N) is 1. The minimum absolute atomic E-state index is 0.127. The number of carbonyl (C=O) groups is 1. The van der Waals surface area contributed by atoms with Gasteiger partial charge in [0.05, 0.1) is 5.02 Å². The molecule has 1 amide bonds. The van der Waals surface area contributed by atoms with E-state index in [1.807, 2.05) is 6.92 Å². The molecular formula is C15H15ClFN3O. The first-order valence-corrected chi connectivity index (χ1v) is 6.95. The molecule has 2 rings (SSSR count). The van der Waals surface area contributed by atoms with Crippen LogP contribution in [0.5, 0.6) is 0 Å². The third-order valence-corrected chi connectivity index (χ3v) is 3.02. The van der Waals surface area contributed by atoms with Crippen molar-refractivity contribution in [3.05, 3.63) is 52.9 Å². The lowest BCUT2D eigenvalue weighted by atomic mass is 10.2. The number of amides is 1. The van der Waals surface area contributed by atoms with Crippen molar-refractivity contribution >= 4 is 29.0 Å². The normalized spacial score (nSPS) is 10.2. The van der Waals surface area contributed by atoms with Gasteiger partial charge >= 0.3 is 0 Å². The number of aromatic nitrogens is 1. The first-order valence-electron chi connectivity index (χ1n) is 6.57. The van der Waals surface area contributed by atoms with Gasteiger partial charge in [0.2, 0.25) is 0 Å². The van der Waals surface area contributed by atoms with E-state index in [1.165, 1.54) is 24.3 Å². The molecule has 0 saturated heterocycles. The summed E-state index contributed by atoms with van der Waals surface area (Å²) in [5, 5.41) is 5.98. The second kappa shape index (κ2) is 7.04. The van der Waals surface area contributed by atoms with E-state index in [1.54, 1.807) is 12.1 Å². The monoisotopic (exact) mass is 307 g/mol. The molecule has 2 aromatic rings. The minimum atomic E-state index is -0.438. The van der Waals surface area contributed by atoms with Crippen LogP contribution in [0.15, 0.2) is 36.4 Å². The number of halogens is 2. The first-order chi connectivity index (χ1) is 10.1. The van der Waals surface area contributed by atoms with Crippen LogP contribution in [0.4, 0.5) is 15.9 Å². The van der Waals surface area contributed by atoms with Crippen molar-refractivity contribution in [3.63, 3.8) is 0 Å². The number of anilines is 2. The van der Waals surface area contributed by atoms with Gasteiger partial charge in [-0.2, -0.15) is 0 Å². The summed E-state index contributed by atoms with van der Waals surface area (Å²) in [5.74, 6) is -0.216. The molecule has 0 aliphatic carbocycles. The number of carbonyl (C=O) groups excluding carboxylic acids is 1. The fourth-order valence-electron chi connectivity index (χ4n) is 1.68. The van der Waals surface area contributed by atoms with Crippen LogP contribution in [0.25, 0.3) is 0 Å². The SMILES string of the molecule is CCCNc1ccc(Cl)c(C(=O)Nc2ccc(F)cc2)n1. The van der Waals surface area contributed by atoms with E-state index in [2.05, 4.69) is 15.6 Å². The van der Waals surface area contributed by atoms with Gasteiger partial charge in [-0.05, 0) is 42.8 Å². The molecule has 0 aliphatic rings. The van der Waals surface area contributed by atoms with E-state index in [4.69, 9.17) is 11.6 Å². The Labute approximate surface area is 127 Å². The molecule has 0 bridgehead atoms. The third kappa shape index (κ3) is 4.16. The molecule has 0 radical (unpaired) electrons. The zero-order valence-electron chi connectivity index (χ0n) is 11.5. The molecule has 1 aromatic heterocycles. The summed E-state index contributed by atoms with van der Waals surface area (Å²) in [6.45, 7) is 2.79. The van der Waals surface area contributed by atoms with Crippen molar-refractivity contribution in [2.45, 2.75) is 13.3 Å². The van der Waals surface area contributed by atoms with Crippen LogP contribution in [-0.4, -0.2) is 17.4 Å². The summed E-state index contributed by atoms with van der Waals surface area (Å²) < 4.78 is 12.8. The minimum Gasteiger partial charge on any atom is -0.370 e. The second-order valence-electron chi connectivity index (χ2n) is 4.41. The van der Waals surface area contributed by atoms with Gasteiger partial charge in [0.15, 0.2) is 0 Å². The highest BCUT2D eigenvalue weighted by atomic mass is 35.5. The maximum absolute atomic E-state index is 12.8. The van der Waals surface area contributed by atoms with Crippen molar-refractivity contribution in [2.75, 3.05) is 17.2 Å². The van der Waals surface area contributed by atoms with Crippen LogP contribution >= 0.6 is 11.6 Å². The quantitative estimate of drug-likeness (QED) is 0.879. The number of benzene rings is 1. The predicted octanol–water partition coefficient (Wildman–Crippen LogP) is 3.95. The summed E-state index contributed by atoms with van der Waals surface area (Å²) in [6, 6.07) is 8.81. The van der Waals surface area contributed by atoms with E-state index in [0.717, 1.165) is 13.0 Å². The molecule has 1 heterocycles. The van der Waals surface area contributed by atoms with Crippen LogP contribution in [0, 0.1) is 5.82 Å². The average Bonchev–Trinajstić information content (AvgIpc) is 2.48. The zero-order valence-corrected chi connectivity index (χ0v) is 12.2. The third-order valence-electron chi connectivity index (χ3n) is 2.72. The molecule has 21 heavy (non-hydrogen) atoms. The fourth-order valence-corrected chi connectivity index (χ4v) is 1.87. The lowest BCUT2D eigenvalue weighted by Gasteiger charge is -2.09. The van der Waals surface area contributed by atoms with Crippen molar-refractivity contribution in [2.24, 2.45) is 0 Å². The first kappa shape index (κ1) is 15.3. The second-order valence-corrected chi connectivity index (χ2v) is 4.82. The molecule has 0 atom stereocenters. The summed E-state index contributed by atoms with van der Waals surface area (Å²) in [7, 11) is 0. The standard InChI is InChI=1S/C15H15ClFN3O/c1-2-9-18-13-8-7-12(16)14(20-13)15(21)19-11-5-3-10(17)4-6-11/h3-8H,2,9H2,1H3,(H,18,20)(H,19,21). The molecule has 2 N–H and O–H groups in total. The van der Waals surface area contributed by atoms with Crippen LogP contribution in [0.1, 0.15) is 23.8 Å². The van der Waals surface area contributed by atoms with Crippen LogP contribution in [0.3, 0.4) is 0 Å². The van der Waals surface area contributed by atoms with E-state index < -0.39 is 5.91 Å². The predicted molar refractivity (Wildman–Crippen MR) is 82.4 cm³/mol. The zero-order chi connectivity index (χ0) is 15.2. The van der Waals surface area contributed by atoms with Gasteiger partial charge in [0.1, 0.15) is 17.3 Å². The smallest absolute Gasteiger partial charge is 0.275 e. The highest BCUT2D eigenvalue weighted by molar-refractivity contribution is 6.34. The van der Waals surface area contributed by atoms with E-state index >= 15 is 0 Å². The van der Waals surface area contributed by atoms with Crippen LogP contribution < -0.4 is 10.6 Å². The number of hydrogen-bond acceptors (Lipinski definition) is 3. The molecule has 0 saturated carbocycles. The Balaban J connectivity index is 2.15. The average molecular weight is 308 g/mol. The Morgan fingerprint density at radius 2 is 1.95 bits per heavy atom. The molecule has 0 unspecified atom stereocenters. The highest BCUT2D eigenvalue weighted by Gasteiger charge is 2.13. The number of hydrogen-bond donors (Lipinski definition) is 2. The summed E-state index contributed by atoms with van der Waals surface area (Å²) >= 11 is 6.01. The van der Waals surface area contributed by atoms with Gasteiger partial charge in [0, 0.05) is 12.2 Å². The largest absolute Gasteiger partial charge is 0.370 e. The number of pyridine rings is 1. The van der Waals surface area contributed by atoms with Crippen LogP contribution in [0.2, 0.25) is 5.02 Å². The topological polar surface area (TPSA) is 54.0 Å². The van der Waals surface area contributed by atoms with Gasteiger partial charge in [-0.15, -0.1) is 0 Å². The van der Waals surface area contributed by atoms with Crippen molar-refractivity contribution in [3.8, 4) is 0 Å². The fraction of sp³-hybridized carbons (Fsp3) is 0.200. The maximum Gasteiger partial charge on any atom is 0.275 e. The highest BCUT2D eigenvalue weighted by Crippen LogP contribution is 2.18. The van der Waals surface area contributed by atoms with Gasteiger partial charge in [0.25, 0.3) is 5.91 Å². The van der Waals surface area contributed by atoms with Crippen LogP contribution in [-0.2, 0) is 0 Å². The maximum atomic E-state index is 12.8. The molecule has 0 fully saturated rings. The lowest BCUT2D eigenvalue weighted by Crippen LogP contribution is -2.15. The molecular weight excluding hydrogens is 293 g/mol. The summed E-state index contributed by atoms with van der Waals surface area (Å²) in [6.07, 6.45) is 0.946. The molecule has 4 nitrogen and oxygen atoms in total. The summed E-state index contributed by atoms with van der Waals surface area (Å²) in [4.78, 5) is 16.4. The molecule has 110 valence electrons. The molecule has 1 aromatic carbocycles. The summed E-state index contributed by atoms with van der Waals surface area (Å²) in [5.41, 5.74) is 0.605. The Hall–Kier alpha value is -2.14. The van der Waals surface area contributed by atoms with E-state index in [-0.39, 0.29) is 16.5 Å².